The summed E-state index contributed by atoms with van der Waals surface area (Å²) in [4.78, 5) is 34.6. The molecule has 1 aromatic rings. The van der Waals surface area contributed by atoms with E-state index < -0.39 is 16.8 Å². The van der Waals surface area contributed by atoms with Crippen LogP contribution in [0.5, 0.6) is 0 Å². The predicted octanol–water partition coefficient (Wildman–Crippen LogP) is 2.27. The lowest BCUT2D eigenvalue weighted by Crippen LogP contribution is -2.30. The van der Waals surface area contributed by atoms with Gasteiger partial charge in [0.25, 0.3) is 11.6 Å². The maximum Gasteiger partial charge on any atom is 0.305 e. The molecule has 1 aromatic carbocycles. The molecule has 0 atom stereocenters. The second-order valence-corrected chi connectivity index (χ2v) is 5.97. The van der Waals surface area contributed by atoms with E-state index >= 15 is 0 Å². The Kier molecular flexibility index (Phi) is 4.88. The molecule has 9 heteroatoms. The number of carbonyl (C=O) groups is 2. The Morgan fingerprint density at radius 1 is 1.45 bits per heavy atom. The molecule has 0 saturated carbocycles. The summed E-state index contributed by atoms with van der Waals surface area (Å²) in [5, 5.41) is 19.6. The molecule has 0 bridgehead atoms. The highest BCUT2D eigenvalue weighted by Crippen LogP contribution is 2.34. The summed E-state index contributed by atoms with van der Waals surface area (Å²) in [6.07, 6.45) is 1.18. The van der Waals surface area contributed by atoms with E-state index in [1.807, 2.05) is 0 Å². The molecule has 1 amide bonds. The van der Waals surface area contributed by atoms with Gasteiger partial charge < -0.3 is 5.11 Å². The van der Waals surface area contributed by atoms with Crippen molar-refractivity contribution in [3.63, 3.8) is 0 Å². The molecular weight excluding hydrogens is 328 g/mol. The summed E-state index contributed by atoms with van der Waals surface area (Å²) in [6.45, 7) is -0.0196. The number of carboxylic acids is 1. The zero-order chi connectivity index (χ0) is 16.3. The fourth-order valence-corrected chi connectivity index (χ4v) is 3.12. The van der Waals surface area contributed by atoms with Crippen molar-refractivity contribution >= 4 is 51.9 Å². The van der Waals surface area contributed by atoms with Crippen LogP contribution >= 0.6 is 24.0 Å². The number of hydrogen-bond acceptors (Lipinski definition) is 6. The number of thiocarbonyl (C=S) groups is 1. The van der Waals surface area contributed by atoms with Gasteiger partial charge in [0, 0.05) is 12.6 Å². The predicted molar refractivity (Wildman–Crippen MR) is 85.2 cm³/mol. The van der Waals surface area contributed by atoms with Crippen LogP contribution in [-0.4, -0.2) is 37.7 Å². The van der Waals surface area contributed by atoms with Crippen LogP contribution in [0.4, 0.5) is 5.69 Å². The van der Waals surface area contributed by atoms with Crippen LogP contribution in [0.3, 0.4) is 0 Å². The fourth-order valence-electron chi connectivity index (χ4n) is 1.82. The zero-order valence-electron chi connectivity index (χ0n) is 11.1. The molecule has 7 nitrogen and oxygen atoms in total. The van der Waals surface area contributed by atoms with E-state index in [-0.39, 0.29) is 27.9 Å². The molecular formula is C13H10N2O5S2. The van der Waals surface area contributed by atoms with E-state index in [1.165, 1.54) is 29.2 Å². The molecule has 0 unspecified atom stereocenters. The van der Waals surface area contributed by atoms with Crippen LogP contribution in [0.25, 0.3) is 6.08 Å². The average molecular weight is 338 g/mol. The Balaban J connectivity index is 2.27. The molecule has 0 aliphatic carbocycles. The summed E-state index contributed by atoms with van der Waals surface area (Å²) in [6, 6.07) is 6.04. The Morgan fingerprint density at radius 2 is 2.14 bits per heavy atom. The van der Waals surface area contributed by atoms with Crippen LogP contribution in [0.2, 0.25) is 0 Å². The molecule has 1 N–H and O–H groups in total. The summed E-state index contributed by atoms with van der Waals surface area (Å²) in [5.74, 6) is -1.47. The summed E-state index contributed by atoms with van der Waals surface area (Å²) < 4.78 is 0.246. The number of para-hydroxylation sites is 1. The average Bonchev–Trinajstić information content (AvgIpc) is 2.71. The van der Waals surface area contributed by atoms with Crippen molar-refractivity contribution in [2.24, 2.45) is 0 Å². The van der Waals surface area contributed by atoms with Crippen molar-refractivity contribution in [2.45, 2.75) is 6.42 Å². The van der Waals surface area contributed by atoms with Crippen LogP contribution in [0.15, 0.2) is 29.2 Å². The second-order valence-electron chi connectivity index (χ2n) is 4.29. The van der Waals surface area contributed by atoms with Crippen molar-refractivity contribution in [3.05, 3.63) is 44.8 Å². The largest absolute Gasteiger partial charge is 0.481 e. The smallest absolute Gasteiger partial charge is 0.305 e. The number of aliphatic carboxylic acids is 1. The van der Waals surface area contributed by atoms with E-state index in [2.05, 4.69) is 0 Å². The minimum atomic E-state index is -1.03. The minimum absolute atomic E-state index is 0.0196. The van der Waals surface area contributed by atoms with Crippen LogP contribution in [-0.2, 0) is 9.59 Å². The highest BCUT2D eigenvalue weighted by atomic mass is 32.2. The van der Waals surface area contributed by atoms with Crippen LogP contribution in [0.1, 0.15) is 12.0 Å². The minimum Gasteiger partial charge on any atom is -0.481 e. The van der Waals surface area contributed by atoms with Gasteiger partial charge in [0.2, 0.25) is 0 Å². The molecule has 22 heavy (non-hydrogen) atoms. The first-order chi connectivity index (χ1) is 10.4. The van der Waals surface area contributed by atoms with Gasteiger partial charge in [-0.05, 0) is 12.1 Å². The van der Waals surface area contributed by atoms with E-state index in [0.29, 0.717) is 5.56 Å². The molecule has 0 aromatic heterocycles. The Morgan fingerprint density at radius 3 is 2.77 bits per heavy atom. The first kappa shape index (κ1) is 16.1. The van der Waals surface area contributed by atoms with Crippen molar-refractivity contribution in [3.8, 4) is 0 Å². The number of rotatable bonds is 5. The third-order valence-electron chi connectivity index (χ3n) is 2.84. The summed E-state index contributed by atoms with van der Waals surface area (Å²) >= 11 is 6.05. The van der Waals surface area contributed by atoms with E-state index in [4.69, 9.17) is 17.3 Å². The lowest BCUT2D eigenvalue weighted by Gasteiger charge is -2.12. The maximum atomic E-state index is 12.2. The van der Waals surface area contributed by atoms with Gasteiger partial charge in [0.1, 0.15) is 4.32 Å². The zero-order valence-corrected chi connectivity index (χ0v) is 12.7. The number of carbonyl (C=O) groups excluding carboxylic acids is 1. The van der Waals surface area contributed by atoms with Crippen molar-refractivity contribution < 1.29 is 19.6 Å². The second kappa shape index (κ2) is 6.67. The van der Waals surface area contributed by atoms with Crippen molar-refractivity contribution in [2.75, 3.05) is 6.54 Å². The summed E-state index contributed by atoms with van der Waals surface area (Å²) in [7, 11) is 0. The molecule has 0 spiro atoms. The quantitative estimate of drug-likeness (QED) is 0.380. The third kappa shape index (κ3) is 3.49. The van der Waals surface area contributed by atoms with Gasteiger partial charge in [0.05, 0.1) is 21.8 Å². The molecule has 1 saturated heterocycles. The molecule has 0 radical (unpaired) electrons. The van der Waals surface area contributed by atoms with Gasteiger partial charge in [-0.15, -0.1) is 0 Å². The lowest BCUT2D eigenvalue weighted by molar-refractivity contribution is -0.385. The number of thioether (sulfide) groups is 1. The fraction of sp³-hybridized carbons (Fsp3) is 0.154. The monoisotopic (exact) mass is 338 g/mol. The van der Waals surface area contributed by atoms with Gasteiger partial charge >= 0.3 is 5.97 Å². The molecule has 1 aliphatic heterocycles. The number of amides is 1. The Bertz CT molecular complexity index is 701. The lowest BCUT2D eigenvalue weighted by atomic mass is 10.1. The Labute approximate surface area is 134 Å². The van der Waals surface area contributed by atoms with Gasteiger partial charge in [-0.1, -0.05) is 36.1 Å². The third-order valence-corrected chi connectivity index (χ3v) is 4.22. The van der Waals surface area contributed by atoms with Gasteiger partial charge in [0.15, 0.2) is 0 Å². The number of nitro benzene ring substituents is 1. The molecule has 2 rings (SSSR count). The first-order valence-corrected chi connectivity index (χ1v) is 7.33. The van der Waals surface area contributed by atoms with E-state index in [0.717, 1.165) is 11.8 Å². The number of carboxylic acid groups (broad SMARTS) is 1. The van der Waals surface area contributed by atoms with Crippen LogP contribution in [0, 0.1) is 10.1 Å². The molecule has 1 aliphatic rings. The van der Waals surface area contributed by atoms with E-state index in [1.54, 1.807) is 6.07 Å². The topological polar surface area (TPSA) is 101 Å². The first-order valence-electron chi connectivity index (χ1n) is 6.10. The number of benzene rings is 1. The van der Waals surface area contributed by atoms with Crippen LogP contribution < -0.4 is 0 Å². The van der Waals surface area contributed by atoms with Crippen molar-refractivity contribution in [1.29, 1.82) is 0 Å². The normalized spacial score (nSPS) is 16.4. The van der Waals surface area contributed by atoms with Gasteiger partial charge in [-0.3, -0.25) is 24.6 Å². The number of hydrogen-bond donors (Lipinski definition) is 1. The molecule has 114 valence electrons. The highest BCUT2D eigenvalue weighted by molar-refractivity contribution is 8.26. The number of nitrogens with zero attached hydrogens (tertiary/aromatic N) is 2. The van der Waals surface area contributed by atoms with Gasteiger partial charge in [-0.25, -0.2) is 0 Å². The number of nitro groups is 1. The SMILES string of the molecule is O=C(O)CCN1C(=O)/C(=C/c2ccccc2[N+](=O)[O-])SC1=S. The van der Waals surface area contributed by atoms with Gasteiger partial charge in [-0.2, -0.15) is 0 Å². The summed E-state index contributed by atoms with van der Waals surface area (Å²) in [5.41, 5.74) is 0.185. The van der Waals surface area contributed by atoms with Crippen molar-refractivity contribution in [1.82, 2.24) is 4.90 Å². The molecule has 1 fully saturated rings. The Hall–Kier alpha value is -2.26. The standard InChI is InChI=1S/C13H10N2O5S2/c16-11(17)5-6-14-12(18)10(22-13(14)21)7-8-3-1-2-4-9(8)15(19)20/h1-4,7H,5-6H2,(H,16,17)/b10-7-. The molecule has 1 heterocycles. The van der Waals surface area contributed by atoms with E-state index in [9.17, 15) is 19.7 Å². The highest BCUT2D eigenvalue weighted by Gasteiger charge is 2.32. The maximum absolute atomic E-state index is 12.2.